The highest BCUT2D eigenvalue weighted by Gasteiger charge is 2.06. The summed E-state index contributed by atoms with van der Waals surface area (Å²) in [4.78, 5) is 24.4. The second-order valence-corrected chi connectivity index (χ2v) is 6.38. The van der Waals surface area contributed by atoms with Crippen LogP contribution in [0.1, 0.15) is 68.8 Å². The van der Waals surface area contributed by atoms with Crippen molar-refractivity contribution in [3.8, 4) is 11.1 Å². The van der Waals surface area contributed by atoms with Crippen molar-refractivity contribution >= 4 is 6.29 Å². The van der Waals surface area contributed by atoms with Gasteiger partial charge in [-0.25, -0.2) is 0 Å². The molecule has 0 saturated heterocycles. The Bertz CT molecular complexity index is 680. The number of aromatic amines is 1. The fourth-order valence-corrected chi connectivity index (χ4v) is 2.83. The fourth-order valence-electron chi connectivity index (χ4n) is 2.83. The molecule has 0 spiro atoms. The molecule has 3 nitrogen and oxygen atoms in total. The molecular weight excluding hydrogens is 310 g/mol. The first-order valence-corrected chi connectivity index (χ1v) is 9.35. The van der Waals surface area contributed by atoms with Gasteiger partial charge in [0.15, 0.2) is 0 Å². The topological polar surface area (TPSA) is 49.9 Å². The Hall–Kier alpha value is -2.16. The minimum Gasteiger partial charge on any atom is -0.328 e. The molecule has 1 aliphatic rings. The highest BCUT2D eigenvalue weighted by atomic mass is 16.1. The SMILES string of the molecule is CC.CC1CCCCC1.Cc1cc(-c2ccc(C=O)cc2)c[nH]c1=O. The third kappa shape index (κ3) is 7.08. The number of carbonyl (C=O) groups excluding carboxylic acids is 1. The average Bonchev–Trinajstić information content (AvgIpc) is 2.67. The van der Waals surface area contributed by atoms with Crippen LogP contribution in [-0.4, -0.2) is 11.3 Å². The summed E-state index contributed by atoms with van der Waals surface area (Å²) in [5.41, 5.74) is 3.16. The zero-order valence-electron chi connectivity index (χ0n) is 16.0. The number of benzene rings is 1. The van der Waals surface area contributed by atoms with Crippen molar-refractivity contribution in [2.45, 2.75) is 59.8 Å². The molecule has 1 saturated carbocycles. The molecule has 25 heavy (non-hydrogen) atoms. The van der Waals surface area contributed by atoms with Crippen LogP contribution in [-0.2, 0) is 0 Å². The second kappa shape index (κ2) is 11.4. The van der Waals surface area contributed by atoms with E-state index in [4.69, 9.17) is 0 Å². The van der Waals surface area contributed by atoms with Crippen LogP contribution in [0.25, 0.3) is 11.1 Å². The number of rotatable bonds is 2. The van der Waals surface area contributed by atoms with Crippen molar-refractivity contribution in [2.24, 2.45) is 5.92 Å². The van der Waals surface area contributed by atoms with Crippen LogP contribution in [0.15, 0.2) is 41.3 Å². The molecule has 3 rings (SSSR count). The van der Waals surface area contributed by atoms with E-state index in [2.05, 4.69) is 11.9 Å². The summed E-state index contributed by atoms with van der Waals surface area (Å²) in [6.45, 7) is 8.13. The van der Waals surface area contributed by atoms with Crippen LogP contribution < -0.4 is 5.56 Å². The van der Waals surface area contributed by atoms with Crippen LogP contribution in [0.4, 0.5) is 0 Å². The molecule has 136 valence electrons. The number of H-pyrrole nitrogens is 1. The van der Waals surface area contributed by atoms with Crippen LogP contribution in [0.2, 0.25) is 0 Å². The summed E-state index contributed by atoms with van der Waals surface area (Å²) < 4.78 is 0. The summed E-state index contributed by atoms with van der Waals surface area (Å²) in [6.07, 6.45) is 9.92. The van der Waals surface area contributed by atoms with Gasteiger partial charge in [0.25, 0.3) is 5.56 Å². The lowest BCUT2D eigenvalue weighted by Gasteiger charge is -2.15. The Balaban J connectivity index is 0.000000290. The highest BCUT2D eigenvalue weighted by Crippen LogP contribution is 2.22. The van der Waals surface area contributed by atoms with Gasteiger partial charge in [0.1, 0.15) is 6.29 Å². The number of pyridine rings is 1. The molecule has 1 aromatic carbocycles. The number of hydrogen-bond donors (Lipinski definition) is 1. The fraction of sp³-hybridized carbons (Fsp3) is 0.455. The Morgan fingerprint density at radius 2 is 1.60 bits per heavy atom. The maximum Gasteiger partial charge on any atom is 0.250 e. The van der Waals surface area contributed by atoms with Gasteiger partial charge in [-0.3, -0.25) is 9.59 Å². The Morgan fingerprint density at radius 3 is 2.04 bits per heavy atom. The van der Waals surface area contributed by atoms with Gasteiger partial charge >= 0.3 is 0 Å². The van der Waals surface area contributed by atoms with Gasteiger partial charge in [0.05, 0.1) is 0 Å². The Labute approximate surface area is 151 Å². The average molecular weight is 341 g/mol. The molecule has 1 N–H and O–H groups in total. The first-order chi connectivity index (χ1) is 12.1. The van der Waals surface area contributed by atoms with Crippen LogP contribution in [0.3, 0.4) is 0 Å². The lowest BCUT2D eigenvalue weighted by molar-refractivity contribution is 0.112. The van der Waals surface area contributed by atoms with Crippen molar-refractivity contribution in [1.29, 1.82) is 0 Å². The lowest BCUT2D eigenvalue weighted by Crippen LogP contribution is -2.07. The zero-order valence-corrected chi connectivity index (χ0v) is 16.0. The van der Waals surface area contributed by atoms with E-state index >= 15 is 0 Å². The molecular formula is C22H31NO2. The van der Waals surface area contributed by atoms with Gasteiger partial charge in [-0.2, -0.15) is 0 Å². The molecule has 0 unspecified atom stereocenters. The minimum atomic E-state index is -0.0757. The molecule has 0 atom stereocenters. The molecule has 0 radical (unpaired) electrons. The van der Waals surface area contributed by atoms with E-state index in [1.165, 1.54) is 32.1 Å². The Morgan fingerprint density at radius 1 is 1.00 bits per heavy atom. The third-order valence-electron chi connectivity index (χ3n) is 4.36. The van der Waals surface area contributed by atoms with E-state index in [9.17, 15) is 9.59 Å². The van der Waals surface area contributed by atoms with Gasteiger partial charge in [-0.15, -0.1) is 0 Å². The standard InChI is InChI=1S/C13H11NO2.C7H14.C2H6/c1-9-6-12(7-14-13(9)16)11-4-2-10(8-15)3-5-11;1-7-5-3-2-4-6-7;1-2/h2-8H,1H3,(H,14,16);7H,2-6H2,1H3;1-2H3. The molecule has 0 bridgehead atoms. The second-order valence-electron chi connectivity index (χ2n) is 6.38. The van der Waals surface area contributed by atoms with Crippen molar-refractivity contribution < 1.29 is 4.79 Å². The normalized spacial score (nSPS) is 13.8. The van der Waals surface area contributed by atoms with Crippen LogP contribution in [0, 0.1) is 12.8 Å². The van der Waals surface area contributed by atoms with Crippen molar-refractivity contribution in [1.82, 2.24) is 4.98 Å². The van der Waals surface area contributed by atoms with E-state index < -0.39 is 0 Å². The summed E-state index contributed by atoms with van der Waals surface area (Å²) in [6, 6.07) is 9.05. The lowest BCUT2D eigenvalue weighted by atomic mass is 9.91. The Kier molecular flexibility index (Phi) is 9.53. The first-order valence-electron chi connectivity index (χ1n) is 9.35. The van der Waals surface area contributed by atoms with Gasteiger partial charge in [-0.1, -0.05) is 77.1 Å². The molecule has 1 heterocycles. The molecule has 2 aromatic rings. The van der Waals surface area contributed by atoms with Crippen LogP contribution in [0.5, 0.6) is 0 Å². The number of hydrogen-bond acceptors (Lipinski definition) is 2. The number of aldehydes is 1. The molecule has 1 aromatic heterocycles. The summed E-state index contributed by atoms with van der Waals surface area (Å²) >= 11 is 0. The van der Waals surface area contributed by atoms with E-state index in [-0.39, 0.29) is 5.56 Å². The maximum atomic E-state index is 11.2. The first kappa shape index (κ1) is 20.9. The number of carbonyl (C=O) groups is 1. The van der Waals surface area contributed by atoms with Gasteiger partial charge in [0.2, 0.25) is 0 Å². The minimum absolute atomic E-state index is 0.0757. The predicted molar refractivity (Wildman–Crippen MR) is 106 cm³/mol. The van der Waals surface area contributed by atoms with Crippen LogP contribution >= 0.6 is 0 Å². The summed E-state index contributed by atoms with van der Waals surface area (Å²) in [5.74, 6) is 1.04. The van der Waals surface area contributed by atoms with E-state index in [1.807, 2.05) is 32.0 Å². The maximum absolute atomic E-state index is 11.2. The predicted octanol–water partition coefficient (Wildman–Crippen LogP) is 5.78. The van der Waals surface area contributed by atoms with Gasteiger partial charge in [0, 0.05) is 17.3 Å². The number of aryl methyl sites for hydroxylation is 1. The molecule has 0 aliphatic heterocycles. The molecule has 0 amide bonds. The van der Waals surface area contributed by atoms with E-state index in [0.717, 1.165) is 23.3 Å². The van der Waals surface area contributed by atoms with Crippen molar-refractivity contribution in [3.63, 3.8) is 0 Å². The van der Waals surface area contributed by atoms with Gasteiger partial charge in [-0.05, 0) is 30.0 Å². The molecule has 3 heteroatoms. The highest BCUT2D eigenvalue weighted by molar-refractivity contribution is 5.76. The smallest absolute Gasteiger partial charge is 0.250 e. The summed E-state index contributed by atoms with van der Waals surface area (Å²) in [5, 5.41) is 0. The summed E-state index contributed by atoms with van der Waals surface area (Å²) in [7, 11) is 0. The third-order valence-corrected chi connectivity index (χ3v) is 4.36. The zero-order chi connectivity index (χ0) is 18.7. The monoisotopic (exact) mass is 341 g/mol. The number of nitrogens with one attached hydrogen (secondary N) is 1. The van der Waals surface area contributed by atoms with E-state index in [1.54, 1.807) is 25.3 Å². The molecule has 1 aliphatic carbocycles. The largest absolute Gasteiger partial charge is 0.328 e. The number of aromatic nitrogens is 1. The molecule has 1 fully saturated rings. The quantitative estimate of drug-likeness (QED) is 0.704. The van der Waals surface area contributed by atoms with Crippen molar-refractivity contribution in [3.05, 3.63) is 58.0 Å². The van der Waals surface area contributed by atoms with Gasteiger partial charge < -0.3 is 4.98 Å². The van der Waals surface area contributed by atoms with E-state index in [0.29, 0.717) is 11.1 Å². The van der Waals surface area contributed by atoms with Crippen molar-refractivity contribution in [2.75, 3.05) is 0 Å².